The summed E-state index contributed by atoms with van der Waals surface area (Å²) in [5.74, 6) is -0.724. The molecule has 0 aliphatic carbocycles. The largest absolute Gasteiger partial charge is 0.417 e. The van der Waals surface area contributed by atoms with Gasteiger partial charge in [-0.05, 0) is 60.5 Å². The molecule has 6 nitrogen and oxygen atoms in total. The number of nitrogens with one attached hydrogen (secondary N) is 1. The quantitative estimate of drug-likeness (QED) is 0.347. The van der Waals surface area contributed by atoms with Crippen LogP contribution < -0.4 is 15.1 Å². The Hall–Kier alpha value is -4.08. The number of anilines is 2. The Kier molecular flexibility index (Phi) is 6.96. The fourth-order valence-corrected chi connectivity index (χ4v) is 4.71. The lowest BCUT2D eigenvalue weighted by atomic mass is 10.1. The lowest BCUT2D eigenvalue weighted by molar-refractivity contribution is -0.137. The van der Waals surface area contributed by atoms with Crippen LogP contribution in [-0.4, -0.2) is 41.5 Å². The van der Waals surface area contributed by atoms with E-state index in [0.717, 1.165) is 55.4 Å². The van der Waals surface area contributed by atoms with Gasteiger partial charge in [0.2, 0.25) is 0 Å². The van der Waals surface area contributed by atoms with E-state index >= 15 is 0 Å². The zero-order chi connectivity index (χ0) is 26.9. The SMILES string of the molecule is CCc1nc2ccc(C(F)(F)F)cn2c1C(=O)NCc1ccc(N2CCN(c3ccc(F)cc3)CC2)cc1. The summed E-state index contributed by atoms with van der Waals surface area (Å²) in [6, 6.07) is 16.6. The molecule has 198 valence electrons. The molecule has 0 saturated carbocycles. The number of amides is 1. The van der Waals surface area contributed by atoms with Crippen LogP contribution in [0.4, 0.5) is 28.9 Å². The number of rotatable bonds is 6. The smallest absolute Gasteiger partial charge is 0.368 e. The second-order valence-electron chi connectivity index (χ2n) is 9.20. The van der Waals surface area contributed by atoms with Gasteiger partial charge in [0.25, 0.3) is 5.91 Å². The summed E-state index contributed by atoms with van der Waals surface area (Å²) in [6.07, 6.45) is -3.19. The van der Waals surface area contributed by atoms with Crippen LogP contribution in [-0.2, 0) is 19.1 Å². The fraction of sp³-hybridized carbons (Fsp3) is 0.286. The van der Waals surface area contributed by atoms with Gasteiger partial charge in [-0.25, -0.2) is 9.37 Å². The number of hydrogen-bond donors (Lipinski definition) is 1. The third-order valence-electron chi connectivity index (χ3n) is 6.79. The third kappa shape index (κ3) is 5.29. The molecule has 0 unspecified atom stereocenters. The molecule has 38 heavy (non-hydrogen) atoms. The van der Waals surface area contributed by atoms with Crippen molar-refractivity contribution in [1.82, 2.24) is 14.7 Å². The van der Waals surface area contributed by atoms with Crippen molar-refractivity contribution < 1.29 is 22.4 Å². The van der Waals surface area contributed by atoms with Crippen molar-refractivity contribution in [2.24, 2.45) is 0 Å². The Morgan fingerprint density at radius 1 is 0.895 bits per heavy atom. The molecule has 1 saturated heterocycles. The van der Waals surface area contributed by atoms with Crippen LogP contribution in [0.2, 0.25) is 0 Å². The van der Waals surface area contributed by atoms with E-state index in [0.29, 0.717) is 17.8 Å². The Balaban J connectivity index is 1.22. The maximum Gasteiger partial charge on any atom is 0.417 e. The zero-order valence-electron chi connectivity index (χ0n) is 20.8. The third-order valence-corrected chi connectivity index (χ3v) is 6.79. The summed E-state index contributed by atoms with van der Waals surface area (Å²) in [5, 5.41) is 2.83. The van der Waals surface area contributed by atoms with Crippen LogP contribution in [0.1, 0.15) is 34.2 Å². The molecule has 5 rings (SSSR count). The highest BCUT2D eigenvalue weighted by molar-refractivity contribution is 5.94. The van der Waals surface area contributed by atoms with E-state index in [1.807, 2.05) is 24.3 Å². The van der Waals surface area contributed by atoms with E-state index in [2.05, 4.69) is 20.1 Å². The maximum atomic E-state index is 13.2. The van der Waals surface area contributed by atoms with Gasteiger partial charge >= 0.3 is 6.18 Å². The average molecular weight is 526 g/mol. The number of imidazole rings is 1. The fourth-order valence-electron chi connectivity index (χ4n) is 4.71. The minimum atomic E-state index is -4.52. The lowest BCUT2D eigenvalue weighted by Crippen LogP contribution is -2.46. The van der Waals surface area contributed by atoms with Crippen molar-refractivity contribution in [2.45, 2.75) is 26.1 Å². The summed E-state index contributed by atoms with van der Waals surface area (Å²) in [6.45, 7) is 5.31. The number of hydrogen-bond acceptors (Lipinski definition) is 4. The van der Waals surface area contributed by atoms with Gasteiger partial charge in [-0.3, -0.25) is 9.20 Å². The Bertz CT molecular complexity index is 1420. The molecule has 0 bridgehead atoms. The van der Waals surface area contributed by atoms with Crippen molar-refractivity contribution in [3.8, 4) is 0 Å². The first kappa shape index (κ1) is 25.6. The van der Waals surface area contributed by atoms with Gasteiger partial charge in [0.05, 0.1) is 11.3 Å². The summed E-state index contributed by atoms with van der Waals surface area (Å²) >= 11 is 0. The van der Waals surface area contributed by atoms with Crippen LogP contribution >= 0.6 is 0 Å². The number of fused-ring (bicyclic) bond motifs is 1. The van der Waals surface area contributed by atoms with E-state index in [1.54, 1.807) is 19.1 Å². The average Bonchev–Trinajstić information content (AvgIpc) is 3.30. The van der Waals surface area contributed by atoms with Crippen LogP contribution in [0.15, 0.2) is 66.9 Å². The van der Waals surface area contributed by atoms with E-state index in [9.17, 15) is 22.4 Å². The van der Waals surface area contributed by atoms with E-state index in [-0.39, 0.29) is 18.1 Å². The molecule has 0 spiro atoms. The molecular formula is C28H27F4N5O. The van der Waals surface area contributed by atoms with E-state index < -0.39 is 17.6 Å². The van der Waals surface area contributed by atoms with Crippen molar-refractivity contribution in [3.05, 3.63) is 95.2 Å². The van der Waals surface area contributed by atoms with Gasteiger partial charge in [0.15, 0.2) is 0 Å². The van der Waals surface area contributed by atoms with Crippen molar-refractivity contribution in [3.63, 3.8) is 0 Å². The highest BCUT2D eigenvalue weighted by Gasteiger charge is 2.32. The molecule has 1 fully saturated rings. The number of aryl methyl sites for hydroxylation is 1. The van der Waals surface area contributed by atoms with Crippen LogP contribution in [0.5, 0.6) is 0 Å². The van der Waals surface area contributed by atoms with Gasteiger partial charge in [-0.1, -0.05) is 19.1 Å². The number of carbonyl (C=O) groups excluding carboxylic acids is 1. The van der Waals surface area contributed by atoms with Gasteiger partial charge in [0, 0.05) is 50.3 Å². The van der Waals surface area contributed by atoms with Crippen LogP contribution in [0.25, 0.3) is 5.65 Å². The van der Waals surface area contributed by atoms with Gasteiger partial charge in [0.1, 0.15) is 17.2 Å². The molecule has 1 aliphatic rings. The first-order chi connectivity index (χ1) is 18.2. The molecule has 1 aliphatic heterocycles. The molecule has 2 aromatic carbocycles. The first-order valence-electron chi connectivity index (χ1n) is 12.4. The highest BCUT2D eigenvalue weighted by atomic mass is 19.4. The van der Waals surface area contributed by atoms with Crippen LogP contribution in [0, 0.1) is 5.82 Å². The van der Waals surface area contributed by atoms with Gasteiger partial charge < -0.3 is 15.1 Å². The summed E-state index contributed by atoms with van der Waals surface area (Å²) in [7, 11) is 0. The number of aromatic nitrogens is 2. The number of nitrogens with zero attached hydrogens (tertiary/aromatic N) is 4. The number of halogens is 4. The predicted octanol–water partition coefficient (Wildman–Crippen LogP) is 5.31. The molecule has 1 amide bonds. The van der Waals surface area contributed by atoms with Gasteiger partial charge in [-0.15, -0.1) is 0 Å². The first-order valence-corrected chi connectivity index (χ1v) is 12.4. The topological polar surface area (TPSA) is 52.9 Å². The molecule has 1 N–H and O–H groups in total. The molecule has 2 aromatic heterocycles. The Labute approximate surface area is 217 Å². The molecular weight excluding hydrogens is 498 g/mol. The molecule has 0 atom stereocenters. The Morgan fingerprint density at radius 2 is 1.47 bits per heavy atom. The molecule has 0 radical (unpaired) electrons. The number of pyridine rings is 1. The standard InChI is InChI=1S/C28H27F4N5O/c1-2-24-26(37-18-20(28(30,31)32)5-12-25(37)34-24)27(38)33-17-19-3-8-22(9-4-19)35-13-15-36(16-14-35)23-10-6-21(29)7-11-23/h3-12,18H,2,13-17H2,1H3,(H,33,38). The van der Waals surface area contributed by atoms with E-state index in [1.165, 1.54) is 22.6 Å². The highest BCUT2D eigenvalue weighted by Crippen LogP contribution is 2.30. The summed E-state index contributed by atoms with van der Waals surface area (Å²) in [5.41, 5.74) is 2.95. The zero-order valence-corrected chi connectivity index (χ0v) is 20.8. The minimum absolute atomic E-state index is 0.115. The summed E-state index contributed by atoms with van der Waals surface area (Å²) in [4.78, 5) is 21.9. The number of alkyl halides is 3. The molecule has 4 aromatic rings. The molecule has 3 heterocycles. The van der Waals surface area contributed by atoms with Crippen molar-refractivity contribution in [2.75, 3.05) is 36.0 Å². The number of benzene rings is 2. The second kappa shape index (κ2) is 10.4. The van der Waals surface area contributed by atoms with Crippen molar-refractivity contribution in [1.29, 1.82) is 0 Å². The van der Waals surface area contributed by atoms with E-state index in [4.69, 9.17) is 0 Å². The number of piperazine rings is 1. The Morgan fingerprint density at radius 3 is 2.03 bits per heavy atom. The predicted molar refractivity (Wildman–Crippen MR) is 138 cm³/mol. The van der Waals surface area contributed by atoms with Gasteiger partial charge in [-0.2, -0.15) is 13.2 Å². The second-order valence-corrected chi connectivity index (χ2v) is 9.20. The summed E-state index contributed by atoms with van der Waals surface area (Å²) < 4.78 is 54.1. The maximum absolute atomic E-state index is 13.2. The lowest BCUT2D eigenvalue weighted by Gasteiger charge is -2.37. The normalized spacial score (nSPS) is 14.2. The monoisotopic (exact) mass is 525 g/mol. The minimum Gasteiger partial charge on any atom is -0.368 e. The molecule has 10 heteroatoms. The van der Waals surface area contributed by atoms with Crippen molar-refractivity contribution >= 4 is 22.9 Å². The van der Waals surface area contributed by atoms with Crippen LogP contribution in [0.3, 0.4) is 0 Å². The number of carbonyl (C=O) groups is 1.